The minimum atomic E-state index is -0.347. The van der Waals surface area contributed by atoms with Gasteiger partial charge in [0.15, 0.2) is 5.96 Å². The first kappa shape index (κ1) is 20.4. The van der Waals surface area contributed by atoms with Crippen molar-refractivity contribution in [2.45, 2.75) is 26.0 Å². The summed E-state index contributed by atoms with van der Waals surface area (Å²) in [6.45, 7) is 3.59. The fourth-order valence-electron chi connectivity index (χ4n) is 2.54. The third kappa shape index (κ3) is 6.72. The second kappa shape index (κ2) is 10.9. The molecule has 0 spiro atoms. The van der Waals surface area contributed by atoms with Crippen LogP contribution in [0.15, 0.2) is 53.5 Å². The number of rotatable bonds is 8. The average Bonchev–Trinajstić information content (AvgIpc) is 2.71. The van der Waals surface area contributed by atoms with Crippen LogP contribution < -0.4 is 10.6 Å². The van der Waals surface area contributed by atoms with E-state index in [0.717, 1.165) is 12.0 Å². The molecule has 27 heavy (non-hydrogen) atoms. The van der Waals surface area contributed by atoms with Gasteiger partial charge in [0.2, 0.25) is 0 Å². The van der Waals surface area contributed by atoms with Crippen molar-refractivity contribution >= 4 is 5.96 Å². The van der Waals surface area contributed by atoms with Gasteiger partial charge in [0.05, 0.1) is 17.7 Å². The number of nitrogens with one attached hydrogen (secondary N) is 2. The highest BCUT2D eigenvalue weighted by Crippen LogP contribution is 2.15. The van der Waals surface area contributed by atoms with Gasteiger partial charge < -0.3 is 15.4 Å². The van der Waals surface area contributed by atoms with E-state index in [1.54, 1.807) is 7.05 Å². The summed E-state index contributed by atoms with van der Waals surface area (Å²) in [7, 11) is 1.66. The van der Waals surface area contributed by atoms with Gasteiger partial charge in [-0.3, -0.25) is 4.99 Å². The highest BCUT2D eigenvalue weighted by Gasteiger charge is 2.06. The number of guanidine groups is 1. The largest absolute Gasteiger partial charge is 0.374 e. The van der Waals surface area contributed by atoms with Crippen LogP contribution in [0.1, 0.15) is 36.1 Å². The van der Waals surface area contributed by atoms with Gasteiger partial charge in [0, 0.05) is 32.3 Å². The molecule has 2 rings (SSSR count). The standard InChI is InChI=1S/C21H25FN4O/c1-16(18-7-4-3-5-8-18)27-12-6-11-25-21(24-2)26-15-19-13-17(14-23)9-10-20(19)22/h3-5,7-10,13,16H,6,11-12,15H2,1-2H3,(H2,24,25,26). The summed E-state index contributed by atoms with van der Waals surface area (Å²) in [5.41, 5.74) is 2.02. The van der Waals surface area contributed by atoms with Crippen LogP contribution in [-0.2, 0) is 11.3 Å². The molecule has 0 heterocycles. The molecule has 0 aliphatic heterocycles. The minimum Gasteiger partial charge on any atom is -0.374 e. The molecule has 0 saturated heterocycles. The molecule has 5 nitrogen and oxygen atoms in total. The number of hydrogen-bond donors (Lipinski definition) is 2. The van der Waals surface area contributed by atoms with Crippen molar-refractivity contribution in [1.29, 1.82) is 5.26 Å². The highest BCUT2D eigenvalue weighted by molar-refractivity contribution is 5.79. The molecule has 0 aromatic heterocycles. The van der Waals surface area contributed by atoms with Crippen LogP contribution >= 0.6 is 0 Å². The first-order chi connectivity index (χ1) is 13.1. The topological polar surface area (TPSA) is 69.4 Å². The van der Waals surface area contributed by atoms with Crippen LogP contribution in [0, 0.1) is 17.1 Å². The molecule has 0 aliphatic rings. The van der Waals surface area contributed by atoms with E-state index in [2.05, 4.69) is 27.8 Å². The summed E-state index contributed by atoms with van der Waals surface area (Å²) in [6.07, 6.45) is 0.870. The first-order valence-electron chi connectivity index (χ1n) is 8.93. The van der Waals surface area contributed by atoms with E-state index >= 15 is 0 Å². The predicted molar refractivity (Wildman–Crippen MR) is 105 cm³/mol. The molecule has 0 fully saturated rings. The molecular weight excluding hydrogens is 343 g/mol. The Morgan fingerprint density at radius 1 is 1.22 bits per heavy atom. The second-order valence-corrected chi connectivity index (χ2v) is 6.05. The van der Waals surface area contributed by atoms with Crippen molar-refractivity contribution in [3.8, 4) is 6.07 Å². The Bertz CT molecular complexity index is 787. The smallest absolute Gasteiger partial charge is 0.191 e. The molecule has 2 aromatic rings. The Labute approximate surface area is 159 Å². The summed E-state index contributed by atoms with van der Waals surface area (Å²) in [4.78, 5) is 4.12. The Kier molecular flexibility index (Phi) is 8.27. The average molecular weight is 368 g/mol. The summed E-state index contributed by atoms with van der Waals surface area (Å²) in [5.74, 6) is 0.230. The summed E-state index contributed by atoms with van der Waals surface area (Å²) >= 11 is 0. The van der Waals surface area contributed by atoms with Gasteiger partial charge in [-0.05, 0) is 37.1 Å². The lowest BCUT2D eigenvalue weighted by Gasteiger charge is -2.15. The van der Waals surface area contributed by atoms with Gasteiger partial charge in [-0.1, -0.05) is 30.3 Å². The molecule has 0 amide bonds. The van der Waals surface area contributed by atoms with Crippen LogP contribution in [0.5, 0.6) is 0 Å². The molecule has 0 radical (unpaired) electrons. The maximum atomic E-state index is 13.8. The second-order valence-electron chi connectivity index (χ2n) is 6.05. The van der Waals surface area contributed by atoms with Gasteiger partial charge >= 0.3 is 0 Å². The van der Waals surface area contributed by atoms with Crippen LogP contribution in [0.3, 0.4) is 0 Å². The maximum Gasteiger partial charge on any atom is 0.191 e. The van der Waals surface area contributed by atoms with Gasteiger partial charge in [0.25, 0.3) is 0 Å². The zero-order valence-electron chi connectivity index (χ0n) is 15.7. The molecule has 0 saturated carbocycles. The predicted octanol–water partition coefficient (Wildman–Crippen LogP) is 3.53. The number of halogens is 1. The van der Waals surface area contributed by atoms with Crippen molar-refractivity contribution in [2.75, 3.05) is 20.2 Å². The lowest BCUT2D eigenvalue weighted by atomic mass is 10.1. The van der Waals surface area contributed by atoms with E-state index in [0.29, 0.717) is 30.2 Å². The molecule has 6 heteroatoms. The van der Waals surface area contributed by atoms with Gasteiger partial charge in [-0.2, -0.15) is 5.26 Å². The Morgan fingerprint density at radius 3 is 2.70 bits per heavy atom. The molecule has 2 aromatic carbocycles. The van der Waals surface area contributed by atoms with Gasteiger partial charge in [-0.25, -0.2) is 4.39 Å². The molecule has 1 atom stereocenters. The van der Waals surface area contributed by atoms with E-state index in [-0.39, 0.29) is 18.5 Å². The number of nitrogens with zero attached hydrogens (tertiary/aromatic N) is 2. The van der Waals surface area contributed by atoms with Crippen molar-refractivity contribution in [2.24, 2.45) is 4.99 Å². The van der Waals surface area contributed by atoms with E-state index in [9.17, 15) is 4.39 Å². The summed E-state index contributed by atoms with van der Waals surface area (Å²) < 4.78 is 19.6. The summed E-state index contributed by atoms with van der Waals surface area (Å²) in [5, 5.41) is 15.1. The van der Waals surface area contributed by atoms with Crippen molar-refractivity contribution in [1.82, 2.24) is 10.6 Å². The number of aliphatic imine (C=N–C) groups is 1. The minimum absolute atomic E-state index is 0.0547. The van der Waals surface area contributed by atoms with E-state index in [1.807, 2.05) is 31.2 Å². The molecule has 142 valence electrons. The Balaban J connectivity index is 1.69. The monoisotopic (exact) mass is 368 g/mol. The zero-order valence-corrected chi connectivity index (χ0v) is 15.7. The van der Waals surface area contributed by atoms with E-state index in [1.165, 1.54) is 18.2 Å². The number of hydrogen-bond acceptors (Lipinski definition) is 3. The van der Waals surface area contributed by atoms with E-state index < -0.39 is 0 Å². The SMILES string of the molecule is CN=C(NCCCOC(C)c1ccccc1)NCc1cc(C#N)ccc1F. The normalized spacial score (nSPS) is 12.3. The van der Waals surface area contributed by atoms with E-state index in [4.69, 9.17) is 10.00 Å². The highest BCUT2D eigenvalue weighted by atomic mass is 19.1. The van der Waals surface area contributed by atoms with Crippen LogP contribution in [0.25, 0.3) is 0 Å². The van der Waals surface area contributed by atoms with Crippen LogP contribution in [0.4, 0.5) is 4.39 Å². The van der Waals surface area contributed by atoms with Crippen molar-refractivity contribution < 1.29 is 9.13 Å². The van der Waals surface area contributed by atoms with Gasteiger partial charge in [0.1, 0.15) is 5.82 Å². The fraction of sp³-hybridized carbons (Fsp3) is 0.333. The first-order valence-corrected chi connectivity index (χ1v) is 8.93. The number of nitriles is 1. The Morgan fingerprint density at radius 2 is 2.00 bits per heavy atom. The molecule has 1 unspecified atom stereocenters. The third-order valence-electron chi connectivity index (χ3n) is 4.10. The molecule has 0 aliphatic carbocycles. The van der Waals surface area contributed by atoms with Crippen LogP contribution in [-0.4, -0.2) is 26.2 Å². The van der Waals surface area contributed by atoms with Gasteiger partial charge in [-0.15, -0.1) is 0 Å². The summed E-state index contributed by atoms with van der Waals surface area (Å²) in [6, 6.07) is 16.4. The molecular formula is C21H25FN4O. The third-order valence-corrected chi connectivity index (χ3v) is 4.10. The quantitative estimate of drug-likeness (QED) is 0.425. The zero-order chi connectivity index (χ0) is 19.5. The number of benzene rings is 2. The van der Waals surface area contributed by atoms with Crippen LogP contribution in [0.2, 0.25) is 0 Å². The fourth-order valence-corrected chi connectivity index (χ4v) is 2.54. The lowest BCUT2D eigenvalue weighted by molar-refractivity contribution is 0.0646. The lowest BCUT2D eigenvalue weighted by Crippen LogP contribution is -2.37. The number of ether oxygens (including phenoxy) is 1. The van der Waals surface area contributed by atoms with Crippen molar-refractivity contribution in [3.05, 3.63) is 71.0 Å². The molecule has 2 N–H and O–H groups in total. The van der Waals surface area contributed by atoms with Crippen molar-refractivity contribution in [3.63, 3.8) is 0 Å². The maximum absolute atomic E-state index is 13.8. The Hall–Kier alpha value is -2.91. The molecule has 0 bridgehead atoms.